The lowest BCUT2D eigenvalue weighted by Gasteiger charge is -2.13. The molecule has 0 spiro atoms. The minimum atomic E-state index is -0.381. The van der Waals surface area contributed by atoms with Gasteiger partial charge in [-0.3, -0.25) is 4.79 Å². The number of aryl methyl sites for hydroxylation is 2. The Hall–Kier alpha value is -2.51. The van der Waals surface area contributed by atoms with E-state index in [1.807, 2.05) is 21.0 Å². The maximum atomic E-state index is 12.3. The molecule has 0 saturated carbocycles. The van der Waals surface area contributed by atoms with Gasteiger partial charge in [-0.25, -0.2) is 9.97 Å². The molecule has 0 saturated heterocycles. The van der Waals surface area contributed by atoms with Crippen molar-refractivity contribution < 1.29 is 9.32 Å². The van der Waals surface area contributed by atoms with Gasteiger partial charge in [-0.1, -0.05) is 12.1 Å². The molecule has 0 aliphatic carbocycles. The number of carbonyl (C=O) groups excluding carboxylic acids is 1. The second kappa shape index (κ2) is 6.50. The molecule has 8 nitrogen and oxygen atoms in total. The lowest BCUT2D eigenvalue weighted by atomic mass is 10.2. The van der Waals surface area contributed by atoms with Crippen LogP contribution < -0.4 is 10.2 Å². The van der Waals surface area contributed by atoms with E-state index in [1.165, 1.54) is 6.20 Å². The van der Waals surface area contributed by atoms with Crippen molar-refractivity contribution in [2.45, 2.75) is 33.2 Å². The fourth-order valence-electron chi connectivity index (χ4n) is 1.82. The molecule has 0 unspecified atom stereocenters. The molecule has 0 aromatic carbocycles. The number of carbonyl (C=O) groups is 1. The molecule has 0 aliphatic rings. The normalized spacial score (nSPS) is 12.0. The number of aromatic nitrogens is 4. The van der Waals surface area contributed by atoms with Crippen LogP contribution in [0.4, 0.5) is 5.95 Å². The predicted octanol–water partition coefficient (Wildman–Crippen LogP) is 1.29. The van der Waals surface area contributed by atoms with Gasteiger partial charge >= 0.3 is 0 Å². The number of nitrogens with one attached hydrogen (secondary N) is 1. The van der Waals surface area contributed by atoms with Crippen LogP contribution in [0.15, 0.2) is 10.7 Å². The summed E-state index contributed by atoms with van der Waals surface area (Å²) in [5.41, 5.74) is 1.04. The van der Waals surface area contributed by atoms with Crippen LogP contribution in [0.2, 0.25) is 0 Å². The Kier molecular flexibility index (Phi) is 4.69. The lowest BCUT2D eigenvalue weighted by Crippen LogP contribution is -2.28. The summed E-state index contributed by atoms with van der Waals surface area (Å²) in [6.45, 7) is 5.50. The first kappa shape index (κ1) is 15.9. The zero-order chi connectivity index (χ0) is 16.3. The second-order valence-corrected chi connectivity index (χ2v) is 5.16. The van der Waals surface area contributed by atoms with Crippen molar-refractivity contribution in [3.8, 4) is 0 Å². The Bertz CT molecular complexity index is 667. The van der Waals surface area contributed by atoms with Gasteiger partial charge in [0.2, 0.25) is 11.8 Å². The summed E-state index contributed by atoms with van der Waals surface area (Å²) in [7, 11) is 3.69. The Morgan fingerprint density at radius 2 is 2.14 bits per heavy atom. The molecule has 1 amide bonds. The average molecular weight is 304 g/mol. The SMILES string of the molecule is CCc1noc([C@H](C)NC(=O)c2cnc(N(C)C)nc2C)n1. The van der Waals surface area contributed by atoms with Crippen molar-refractivity contribution in [3.63, 3.8) is 0 Å². The molecular formula is C14H20N6O2. The zero-order valence-electron chi connectivity index (χ0n) is 13.4. The van der Waals surface area contributed by atoms with Crippen LogP contribution in [0.1, 0.15) is 47.7 Å². The lowest BCUT2D eigenvalue weighted by molar-refractivity contribution is 0.0931. The van der Waals surface area contributed by atoms with Crippen LogP contribution in [0, 0.1) is 6.92 Å². The number of amides is 1. The van der Waals surface area contributed by atoms with E-state index in [-0.39, 0.29) is 11.9 Å². The van der Waals surface area contributed by atoms with Gasteiger partial charge in [0.25, 0.3) is 5.91 Å². The van der Waals surface area contributed by atoms with Gasteiger partial charge in [0.05, 0.1) is 11.3 Å². The number of hydrogen-bond donors (Lipinski definition) is 1. The fraction of sp³-hybridized carbons (Fsp3) is 0.500. The highest BCUT2D eigenvalue weighted by atomic mass is 16.5. The van der Waals surface area contributed by atoms with E-state index in [4.69, 9.17) is 4.52 Å². The van der Waals surface area contributed by atoms with E-state index < -0.39 is 0 Å². The van der Waals surface area contributed by atoms with E-state index in [2.05, 4.69) is 25.4 Å². The molecule has 1 N–H and O–H groups in total. The predicted molar refractivity (Wildman–Crippen MR) is 80.7 cm³/mol. The Morgan fingerprint density at radius 3 is 2.68 bits per heavy atom. The van der Waals surface area contributed by atoms with Crippen molar-refractivity contribution >= 4 is 11.9 Å². The van der Waals surface area contributed by atoms with Crippen molar-refractivity contribution in [3.05, 3.63) is 29.2 Å². The summed E-state index contributed by atoms with van der Waals surface area (Å²) < 4.78 is 5.12. The van der Waals surface area contributed by atoms with Crippen molar-refractivity contribution in [1.82, 2.24) is 25.4 Å². The number of rotatable bonds is 5. The molecule has 118 valence electrons. The first-order valence-corrected chi connectivity index (χ1v) is 7.06. The zero-order valence-corrected chi connectivity index (χ0v) is 13.4. The van der Waals surface area contributed by atoms with Gasteiger partial charge in [-0.05, 0) is 13.8 Å². The summed E-state index contributed by atoms with van der Waals surface area (Å²) in [6.07, 6.45) is 2.20. The smallest absolute Gasteiger partial charge is 0.255 e. The monoisotopic (exact) mass is 304 g/mol. The van der Waals surface area contributed by atoms with Crippen LogP contribution in [0.5, 0.6) is 0 Å². The molecule has 1 atom stereocenters. The molecule has 0 aliphatic heterocycles. The maximum absolute atomic E-state index is 12.3. The third kappa shape index (κ3) is 3.38. The second-order valence-electron chi connectivity index (χ2n) is 5.16. The summed E-state index contributed by atoms with van der Waals surface area (Å²) >= 11 is 0. The minimum Gasteiger partial charge on any atom is -0.347 e. The Labute approximate surface area is 129 Å². The van der Waals surface area contributed by atoms with E-state index in [1.54, 1.807) is 18.7 Å². The number of hydrogen-bond acceptors (Lipinski definition) is 7. The van der Waals surface area contributed by atoms with Crippen LogP contribution in [0.3, 0.4) is 0 Å². The summed E-state index contributed by atoms with van der Waals surface area (Å²) in [4.78, 5) is 26.8. The molecule has 0 bridgehead atoms. The molecule has 2 aromatic heterocycles. The molecular weight excluding hydrogens is 284 g/mol. The highest BCUT2D eigenvalue weighted by Gasteiger charge is 2.19. The summed E-state index contributed by atoms with van der Waals surface area (Å²) in [5, 5.41) is 6.63. The van der Waals surface area contributed by atoms with E-state index in [0.29, 0.717) is 35.3 Å². The highest BCUT2D eigenvalue weighted by molar-refractivity contribution is 5.95. The molecule has 22 heavy (non-hydrogen) atoms. The van der Waals surface area contributed by atoms with Crippen LogP contribution >= 0.6 is 0 Å². The van der Waals surface area contributed by atoms with Crippen molar-refractivity contribution in [2.75, 3.05) is 19.0 Å². The Morgan fingerprint density at radius 1 is 1.41 bits per heavy atom. The fourth-order valence-corrected chi connectivity index (χ4v) is 1.82. The standard InChI is InChI=1S/C14H20N6O2/c1-6-11-18-13(22-19-11)9(3)16-12(21)10-7-15-14(20(4)5)17-8(10)2/h7,9H,6H2,1-5H3,(H,16,21)/t9-/m0/s1. The van der Waals surface area contributed by atoms with Crippen LogP contribution in [0.25, 0.3) is 0 Å². The van der Waals surface area contributed by atoms with Crippen molar-refractivity contribution in [1.29, 1.82) is 0 Å². The van der Waals surface area contributed by atoms with Crippen LogP contribution in [-0.2, 0) is 6.42 Å². The molecule has 8 heteroatoms. The van der Waals surface area contributed by atoms with Gasteiger partial charge in [0.15, 0.2) is 5.82 Å². The largest absolute Gasteiger partial charge is 0.347 e. The first-order chi connectivity index (χ1) is 10.4. The van der Waals surface area contributed by atoms with Crippen LogP contribution in [-0.4, -0.2) is 40.1 Å². The molecule has 0 radical (unpaired) electrons. The topological polar surface area (TPSA) is 97.0 Å². The van der Waals surface area contributed by atoms with Gasteiger partial charge in [-0.2, -0.15) is 4.98 Å². The molecule has 0 fully saturated rings. The van der Waals surface area contributed by atoms with Crippen molar-refractivity contribution in [2.24, 2.45) is 0 Å². The third-order valence-electron chi connectivity index (χ3n) is 3.13. The van der Waals surface area contributed by atoms with Gasteiger partial charge in [-0.15, -0.1) is 0 Å². The van der Waals surface area contributed by atoms with Gasteiger partial charge in [0.1, 0.15) is 6.04 Å². The third-order valence-corrected chi connectivity index (χ3v) is 3.13. The minimum absolute atomic E-state index is 0.272. The van der Waals surface area contributed by atoms with Gasteiger partial charge in [0, 0.05) is 26.7 Å². The molecule has 2 heterocycles. The quantitative estimate of drug-likeness (QED) is 0.888. The van der Waals surface area contributed by atoms with E-state index >= 15 is 0 Å². The summed E-state index contributed by atoms with van der Waals surface area (Å²) in [5.74, 6) is 1.29. The van der Waals surface area contributed by atoms with E-state index in [0.717, 1.165) is 0 Å². The molecule has 2 aromatic rings. The maximum Gasteiger partial charge on any atom is 0.255 e. The van der Waals surface area contributed by atoms with E-state index in [9.17, 15) is 4.79 Å². The average Bonchev–Trinajstić information content (AvgIpc) is 2.95. The Balaban J connectivity index is 2.11. The molecule has 2 rings (SSSR count). The van der Waals surface area contributed by atoms with Gasteiger partial charge < -0.3 is 14.7 Å². The number of nitrogens with zero attached hydrogens (tertiary/aromatic N) is 5. The number of anilines is 1. The summed E-state index contributed by atoms with van der Waals surface area (Å²) in [6, 6.07) is -0.381. The highest BCUT2D eigenvalue weighted by Crippen LogP contribution is 2.13. The first-order valence-electron chi connectivity index (χ1n) is 7.06.